The van der Waals surface area contributed by atoms with Gasteiger partial charge in [-0.25, -0.2) is 0 Å². The molecule has 86 valence electrons. The van der Waals surface area contributed by atoms with E-state index in [4.69, 9.17) is 11.5 Å². The van der Waals surface area contributed by atoms with E-state index in [0.717, 1.165) is 19.4 Å². The highest BCUT2D eigenvalue weighted by Gasteiger charge is 2.26. The number of nitrogens with zero attached hydrogens (tertiary/aromatic N) is 1. The number of rotatable bonds is 1. The topological polar surface area (TPSA) is 72.3 Å². The van der Waals surface area contributed by atoms with E-state index in [-0.39, 0.29) is 5.91 Å². The van der Waals surface area contributed by atoms with Crippen LogP contribution in [0.15, 0.2) is 18.2 Å². The fraction of sp³-hybridized carbons (Fsp3) is 0.417. The van der Waals surface area contributed by atoms with E-state index in [1.165, 1.54) is 0 Å². The molecule has 16 heavy (non-hydrogen) atoms. The summed E-state index contributed by atoms with van der Waals surface area (Å²) < 4.78 is 0. The summed E-state index contributed by atoms with van der Waals surface area (Å²) in [6.45, 7) is 2.89. The molecule has 1 fully saturated rings. The van der Waals surface area contributed by atoms with E-state index in [1.807, 2.05) is 4.90 Å². The minimum atomic E-state index is 0.0162. The highest BCUT2D eigenvalue weighted by Crippen LogP contribution is 2.23. The van der Waals surface area contributed by atoms with Gasteiger partial charge in [0.25, 0.3) is 5.91 Å². The van der Waals surface area contributed by atoms with Crippen LogP contribution in [0.1, 0.15) is 30.1 Å². The Kier molecular flexibility index (Phi) is 2.73. The largest absolute Gasteiger partial charge is 0.399 e. The molecule has 1 aromatic carbocycles. The Hall–Kier alpha value is -1.71. The van der Waals surface area contributed by atoms with Gasteiger partial charge in [0, 0.05) is 24.0 Å². The Balaban J connectivity index is 2.27. The lowest BCUT2D eigenvalue weighted by atomic mass is 10.1. The van der Waals surface area contributed by atoms with Crippen LogP contribution in [0.5, 0.6) is 0 Å². The standard InChI is InChI=1S/C12H17N3O/c1-8-3-2-6-15(8)12(16)10-5-4-9(13)7-11(10)14/h4-5,7-8H,2-3,6,13-14H2,1H3. The number of benzene rings is 1. The first-order valence-corrected chi connectivity index (χ1v) is 5.55. The molecule has 4 nitrogen and oxygen atoms in total. The highest BCUT2D eigenvalue weighted by molar-refractivity contribution is 6.00. The van der Waals surface area contributed by atoms with Gasteiger partial charge in [0.05, 0.1) is 5.56 Å². The number of hydrogen-bond donors (Lipinski definition) is 2. The van der Waals surface area contributed by atoms with Crippen LogP contribution in [-0.2, 0) is 0 Å². The molecule has 4 N–H and O–H groups in total. The Morgan fingerprint density at radius 3 is 2.75 bits per heavy atom. The quantitative estimate of drug-likeness (QED) is 0.703. The fourth-order valence-corrected chi connectivity index (χ4v) is 2.17. The van der Waals surface area contributed by atoms with Crippen molar-refractivity contribution < 1.29 is 4.79 Å². The Morgan fingerprint density at radius 1 is 1.44 bits per heavy atom. The van der Waals surface area contributed by atoms with Gasteiger partial charge in [0.1, 0.15) is 0 Å². The van der Waals surface area contributed by atoms with E-state index in [0.29, 0.717) is 23.0 Å². The Labute approximate surface area is 95.2 Å². The van der Waals surface area contributed by atoms with Gasteiger partial charge in [-0.15, -0.1) is 0 Å². The zero-order chi connectivity index (χ0) is 11.7. The molecule has 0 bridgehead atoms. The van der Waals surface area contributed by atoms with Crippen molar-refractivity contribution in [3.63, 3.8) is 0 Å². The molecular weight excluding hydrogens is 202 g/mol. The summed E-state index contributed by atoms with van der Waals surface area (Å²) in [7, 11) is 0. The molecular formula is C12H17N3O. The van der Waals surface area contributed by atoms with Crippen LogP contribution in [0.3, 0.4) is 0 Å². The molecule has 2 rings (SSSR count). The average Bonchev–Trinajstić information content (AvgIpc) is 2.63. The summed E-state index contributed by atoms with van der Waals surface area (Å²) in [6.07, 6.45) is 2.14. The number of amides is 1. The van der Waals surface area contributed by atoms with Gasteiger partial charge in [0.15, 0.2) is 0 Å². The first-order valence-electron chi connectivity index (χ1n) is 5.55. The summed E-state index contributed by atoms with van der Waals surface area (Å²) >= 11 is 0. The third-order valence-electron chi connectivity index (χ3n) is 3.12. The molecule has 0 saturated carbocycles. The zero-order valence-corrected chi connectivity index (χ0v) is 9.44. The Morgan fingerprint density at radius 2 is 2.19 bits per heavy atom. The molecule has 4 heteroatoms. The number of likely N-dealkylation sites (tertiary alicyclic amines) is 1. The molecule has 1 heterocycles. The molecule has 1 unspecified atom stereocenters. The van der Waals surface area contributed by atoms with Crippen LogP contribution in [0.4, 0.5) is 11.4 Å². The second-order valence-electron chi connectivity index (χ2n) is 4.34. The van der Waals surface area contributed by atoms with Crippen molar-refractivity contribution in [1.82, 2.24) is 4.90 Å². The maximum atomic E-state index is 12.2. The van der Waals surface area contributed by atoms with Crippen LogP contribution >= 0.6 is 0 Å². The summed E-state index contributed by atoms with van der Waals surface area (Å²) in [4.78, 5) is 14.1. The minimum Gasteiger partial charge on any atom is -0.399 e. The van der Waals surface area contributed by atoms with Gasteiger partial charge >= 0.3 is 0 Å². The van der Waals surface area contributed by atoms with Crippen LogP contribution < -0.4 is 11.5 Å². The van der Waals surface area contributed by atoms with Crippen molar-refractivity contribution in [2.45, 2.75) is 25.8 Å². The molecule has 1 aromatic rings. The number of carbonyl (C=O) groups excluding carboxylic acids is 1. The second kappa shape index (κ2) is 4.04. The van der Waals surface area contributed by atoms with Crippen molar-refractivity contribution in [1.29, 1.82) is 0 Å². The van der Waals surface area contributed by atoms with Crippen molar-refractivity contribution in [3.05, 3.63) is 23.8 Å². The number of nitrogen functional groups attached to an aromatic ring is 2. The van der Waals surface area contributed by atoms with Gasteiger partial charge in [-0.1, -0.05) is 0 Å². The number of nitrogens with two attached hydrogens (primary N) is 2. The number of anilines is 2. The van der Waals surface area contributed by atoms with Crippen LogP contribution in [0, 0.1) is 0 Å². The van der Waals surface area contributed by atoms with Crippen LogP contribution in [0.2, 0.25) is 0 Å². The summed E-state index contributed by atoms with van der Waals surface area (Å²) in [5, 5.41) is 0. The van der Waals surface area contributed by atoms with E-state index >= 15 is 0 Å². The van der Waals surface area contributed by atoms with E-state index in [9.17, 15) is 4.79 Å². The van der Waals surface area contributed by atoms with Crippen molar-refractivity contribution in [2.24, 2.45) is 0 Å². The summed E-state index contributed by atoms with van der Waals surface area (Å²) in [6, 6.07) is 5.36. The van der Waals surface area contributed by atoms with Gasteiger partial charge in [-0.05, 0) is 38.0 Å². The fourth-order valence-electron chi connectivity index (χ4n) is 2.17. The smallest absolute Gasteiger partial charge is 0.256 e. The van der Waals surface area contributed by atoms with E-state index in [2.05, 4.69) is 6.92 Å². The lowest BCUT2D eigenvalue weighted by Crippen LogP contribution is -2.34. The Bertz CT molecular complexity index is 417. The number of carbonyl (C=O) groups is 1. The van der Waals surface area contributed by atoms with Gasteiger partial charge < -0.3 is 16.4 Å². The first-order chi connectivity index (χ1) is 7.59. The third-order valence-corrected chi connectivity index (χ3v) is 3.12. The third kappa shape index (κ3) is 1.83. The molecule has 1 atom stereocenters. The zero-order valence-electron chi connectivity index (χ0n) is 9.44. The van der Waals surface area contributed by atoms with Gasteiger partial charge in [-0.3, -0.25) is 4.79 Å². The lowest BCUT2D eigenvalue weighted by Gasteiger charge is -2.22. The van der Waals surface area contributed by atoms with Gasteiger partial charge in [-0.2, -0.15) is 0 Å². The van der Waals surface area contributed by atoms with Crippen molar-refractivity contribution >= 4 is 17.3 Å². The normalized spacial score (nSPS) is 20.1. The molecule has 1 amide bonds. The highest BCUT2D eigenvalue weighted by atomic mass is 16.2. The maximum Gasteiger partial charge on any atom is 0.256 e. The average molecular weight is 219 g/mol. The van der Waals surface area contributed by atoms with E-state index < -0.39 is 0 Å². The van der Waals surface area contributed by atoms with Crippen LogP contribution in [-0.4, -0.2) is 23.4 Å². The second-order valence-corrected chi connectivity index (χ2v) is 4.34. The predicted octanol–water partition coefficient (Wildman–Crippen LogP) is 1.48. The van der Waals surface area contributed by atoms with Crippen molar-refractivity contribution in [2.75, 3.05) is 18.0 Å². The molecule has 1 saturated heterocycles. The summed E-state index contributed by atoms with van der Waals surface area (Å²) in [5.41, 5.74) is 13.0. The van der Waals surface area contributed by atoms with Crippen molar-refractivity contribution in [3.8, 4) is 0 Å². The monoisotopic (exact) mass is 219 g/mol. The molecule has 1 aliphatic heterocycles. The minimum absolute atomic E-state index is 0.0162. The van der Waals surface area contributed by atoms with Gasteiger partial charge in [0.2, 0.25) is 0 Å². The molecule has 0 aliphatic carbocycles. The summed E-state index contributed by atoms with van der Waals surface area (Å²) in [5.74, 6) is 0.0162. The first kappa shape index (κ1) is 10.8. The van der Waals surface area contributed by atoms with Crippen LogP contribution in [0.25, 0.3) is 0 Å². The molecule has 0 radical (unpaired) electrons. The number of hydrogen-bond acceptors (Lipinski definition) is 3. The SMILES string of the molecule is CC1CCCN1C(=O)c1ccc(N)cc1N. The predicted molar refractivity (Wildman–Crippen MR) is 65.0 cm³/mol. The molecule has 0 aromatic heterocycles. The molecule has 1 aliphatic rings. The molecule has 0 spiro atoms. The maximum absolute atomic E-state index is 12.2. The lowest BCUT2D eigenvalue weighted by molar-refractivity contribution is 0.0748. The van der Waals surface area contributed by atoms with E-state index in [1.54, 1.807) is 18.2 Å².